The van der Waals surface area contributed by atoms with Crippen LogP contribution in [0.15, 0.2) is 24.3 Å². The second-order valence-corrected chi connectivity index (χ2v) is 4.99. The zero-order valence-electron chi connectivity index (χ0n) is 12.9. The number of halogens is 3. The maximum absolute atomic E-state index is 13.0. The molecule has 0 unspecified atom stereocenters. The number of benzene rings is 1. The fraction of sp³-hybridized carbons (Fsp3) is 0.214. The minimum atomic E-state index is -4.76. The zero-order valence-corrected chi connectivity index (χ0v) is 12.9. The van der Waals surface area contributed by atoms with Crippen molar-refractivity contribution in [3.8, 4) is 11.8 Å². The Morgan fingerprint density at radius 1 is 1.24 bits per heavy atom. The molecule has 1 aromatic heterocycles. The summed E-state index contributed by atoms with van der Waals surface area (Å²) in [6, 6.07) is 3.17. The first-order valence-corrected chi connectivity index (χ1v) is 6.67. The minimum Gasteiger partial charge on any atom is -0.417 e. The molecule has 0 saturated heterocycles. The molecule has 2 aromatic rings. The SMILES string of the molecule is CN(C)c1cc(C(F)(F)F)nc(Oc2cc(C=O)ccc2[N+](=O)[O-])n1. The normalized spacial score (nSPS) is 11.1. The van der Waals surface area contributed by atoms with Gasteiger partial charge in [0.1, 0.15) is 12.1 Å². The zero-order chi connectivity index (χ0) is 18.8. The average molecular weight is 356 g/mol. The number of ether oxygens (including phenoxy) is 1. The van der Waals surface area contributed by atoms with Crippen LogP contribution in [-0.2, 0) is 6.18 Å². The number of nitro groups is 1. The summed E-state index contributed by atoms with van der Waals surface area (Å²) in [5, 5.41) is 11.0. The predicted octanol–water partition coefficient (Wildman–Crippen LogP) is 3.07. The van der Waals surface area contributed by atoms with E-state index < -0.39 is 34.2 Å². The Morgan fingerprint density at radius 2 is 1.92 bits per heavy atom. The number of carbonyl (C=O) groups is 1. The number of carbonyl (C=O) groups excluding carboxylic acids is 1. The van der Waals surface area contributed by atoms with Crippen LogP contribution >= 0.6 is 0 Å². The van der Waals surface area contributed by atoms with Crippen molar-refractivity contribution < 1.29 is 27.6 Å². The van der Waals surface area contributed by atoms with E-state index in [0.717, 1.165) is 12.1 Å². The minimum absolute atomic E-state index is 0.0420. The molecule has 0 atom stereocenters. The van der Waals surface area contributed by atoms with Crippen LogP contribution in [0.4, 0.5) is 24.7 Å². The summed E-state index contributed by atoms with van der Waals surface area (Å²) in [6.07, 6.45) is -4.35. The van der Waals surface area contributed by atoms with Gasteiger partial charge in [0.15, 0.2) is 5.69 Å². The van der Waals surface area contributed by atoms with Crippen molar-refractivity contribution in [1.82, 2.24) is 9.97 Å². The molecule has 0 bridgehead atoms. The van der Waals surface area contributed by atoms with Crippen molar-refractivity contribution in [2.75, 3.05) is 19.0 Å². The molecular weight excluding hydrogens is 345 g/mol. The van der Waals surface area contributed by atoms with Gasteiger partial charge in [-0.05, 0) is 12.1 Å². The summed E-state index contributed by atoms with van der Waals surface area (Å²) in [6.45, 7) is 0. The number of alkyl halides is 3. The maximum atomic E-state index is 13.0. The second kappa shape index (κ2) is 6.71. The van der Waals surface area contributed by atoms with Gasteiger partial charge in [-0.25, -0.2) is 0 Å². The van der Waals surface area contributed by atoms with Crippen LogP contribution in [-0.4, -0.2) is 35.3 Å². The number of hydrogen-bond donors (Lipinski definition) is 0. The van der Waals surface area contributed by atoms with E-state index in [9.17, 15) is 28.1 Å². The molecule has 0 spiro atoms. The van der Waals surface area contributed by atoms with Gasteiger partial charge in [-0.1, -0.05) is 0 Å². The Balaban J connectivity index is 2.54. The molecule has 11 heteroatoms. The standard InChI is InChI=1S/C14H11F3N4O4/c1-20(2)12-6-11(14(15,16)17)18-13(19-12)25-10-5-8(7-22)3-4-9(10)21(23)24/h3-7H,1-2H3. The summed E-state index contributed by atoms with van der Waals surface area (Å²) in [5.41, 5.74) is -1.77. The Kier molecular flexibility index (Phi) is 4.86. The van der Waals surface area contributed by atoms with E-state index in [2.05, 4.69) is 9.97 Å². The van der Waals surface area contributed by atoms with E-state index in [4.69, 9.17) is 4.74 Å². The first-order valence-electron chi connectivity index (χ1n) is 6.67. The second-order valence-electron chi connectivity index (χ2n) is 4.99. The van der Waals surface area contributed by atoms with Gasteiger partial charge in [0.2, 0.25) is 5.75 Å². The van der Waals surface area contributed by atoms with Crippen LogP contribution in [0.1, 0.15) is 16.1 Å². The molecule has 0 radical (unpaired) electrons. The van der Waals surface area contributed by atoms with E-state index in [1.54, 1.807) is 0 Å². The quantitative estimate of drug-likeness (QED) is 0.461. The van der Waals surface area contributed by atoms with Crippen molar-refractivity contribution in [3.05, 3.63) is 45.6 Å². The summed E-state index contributed by atoms with van der Waals surface area (Å²) in [5.74, 6) is -0.551. The van der Waals surface area contributed by atoms with Crippen molar-refractivity contribution in [2.24, 2.45) is 0 Å². The van der Waals surface area contributed by atoms with Crippen molar-refractivity contribution in [2.45, 2.75) is 6.18 Å². The molecule has 1 heterocycles. The Morgan fingerprint density at radius 3 is 2.44 bits per heavy atom. The van der Waals surface area contributed by atoms with Crippen molar-refractivity contribution in [1.29, 1.82) is 0 Å². The molecule has 0 aliphatic rings. The van der Waals surface area contributed by atoms with Gasteiger partial charge in [0, 0.05) is 31.8 Å². The van der Waals surface area contributed by atoms with Crippen molar-refractivity contribution in [3.63, 3.8) is 0 Å². The number of aldehydes is 1. The highest BCUT2D eigenvalue weighted by atomic mass is 19.4. The van der Waals surface area contributed by atoms with Gasteiger partial charge in [0.25, 0.3) is 0 Å². The first kappa shape index (κ1) is 18.1. The molecule has 0 aliphatic carbocycles. The van der Waals surface area contributed by atoms with Gasteiger partial charge in [-0.15, -0.1) is 0 Å². The summed E-state index contributed by atoms with van der Waals surface area (Å²) in [4.78, 5) is 29.3. The molecule has 8 nitrogen and oxygen atoms in total. The molecule has 0 fully saturated rings. The lowest BCUT2D eigenvalue weighted by Crippen LogP contribution is -2.16. The van der Waals surface area contributed by atoms with Crippen LogP contribution in [0, 0.1) is 10.1 Å². The largest absolute Gasteiger partial charge is 0.433 e. The Bertz CT molecular complexity index is 824. The third kappa shape index (κ3) is 4.19. The van der Waals surface area contributed by atoms with Crippen LogP contribution < -0.4 is 9.64 Å². The lowest BCUT2D eigenvalue weighted by Gasteiger charge is -2.15. The maximum Gasteiger partial charge on any atom is 0.433 e. The molecule has 1 aromatic carbocycles. The topological polar surface area (TPSA) is 98.5 Å². The average Bonchev–Trinajstić information content (AvgIpc) is 2.53. The van der Waals surface area contributed by atoms with Gasteiger partial charge >= 0.3 is 17.9 Å². The molecule has 0 aliphatic heterocycles. The fourth-order valence-electron chi connectivity index (χ4n) is 1.77. The van der Waals surface area contributed by atoms with Gasteiger partial charge in [0.05, 0.1) is 4.92 Å². The number of nitro benzene ring substituents is 1. The van der Waals surface area contributed by atoms with Crippen LogP contribution in [0.3, 0.4) is 0 Å². The van der Waals surface area contributed by atoms with E-state index in [1.165, 1.54) is 25.1 Å². The lowest BCUT2D eigenvalue weighted by molar-refractivity contribution is -0.385. The fourth-order valence-corrected chi connectivity index (χ4v) is 1.77. The van der Waals surface area contributed by atoms with Gasteiger partial charge in [-0.2, -0.15) is 23.1 Å². The highest BCUT2D eigenvalue weighted by Gasteiger charge is 2.34. The number of rotatable bonds is 5. The van der Waals surface area contributed by atoms with Crippen LogP contribution in [0.2, 0.25) is 0 Å². The molecule has 0 N–H and O–H groups in total. The first-order chi connectivity index (χ1) is 11.6. The van der Waals surface area contributed by atoms with Crippen molar-refractivity contribution >= 4 is 17.8 Å². The summed E-state index contributed by atoms with van der Waals surface area (Å²) < 4.78 is 44.0. The molecule has 132 valence electrons. The molecule has 25 heavy (non-hydrogen) atoms. The smallest absolute Gasteiger partial charge is 0.417 e. The predicted molar refractivity (Wildman–Crippen MR) is 79.9 cm³/mol. The monoisotopic (exact) mass is 356 g/mol. The van der Waals surface area contributed by atoms with E-state index in [0.29, 0.717) is 12.4 Å². The highest BCUT2D eigenvalue weighted by molar-refractivity contribution is 5.77. The highest BCUT2D eigenvalue weighted by Crippen LogP contribution is 2.34. The van der Waals surface area contributed by atoms with E-state index in [1.807, 2.05) is 0 Å². The third-order valence-corrected chi connectivity index (χ3v) is 2.96. The number of nitrogens with zero attached hydrogens (tertiary/aromatic N) is 4. The number of aromatic nitrogens is 2. The third-order valence-electron chi connectivity index (χ3n) is 2.96. The van der Waals surface area contributed by atoms with E-state index in [-0.39, 0.29) is 11.4 Å². The van der Waals surface area contributed by atoms with E-state index >= 15 is 0 Å². The Hall–Kier alpha value is -3.24. The number of hydrogen-bond acceptors (Lipinski definition) is 7. The molecule has 0 amide bonds. The molecular formula is C14H11F3N4O4. The lowest BCUT2D eigenvalue weighted by atomic mass is 10.2. The van der Waals surface area contributed by atoms with Crippen LogP contribution in [0.5, 0.6) is 11.8 Å². The molecule has 0 saturated carbocycles. The molecule has 2 rings (SSSR count). The van der Waals surface area contributed by atoms with Gasteiger partial charge in [-0.3, -0.25) is 14.9 Å². The summed E-state index contributed by atoms with van der Waals surface area (Å²) in [7, 11) is 2.92. The van der Waals surface area contributed by atoms with Crippen LogP contribution in [0.25, 0.3) is 0 Å². The Labute approximate surface area is 139 Å². The van der Waals surface area contributed by atoms with Gasteiger partial charge < -0.3 is 9.64 Å². The summed E-state index contributed by atoms with van der Waals surface area (Å²) >= 11 is 0. The number of anilines is 1.